The molecule has 0 saturated heterocycles. The second kappa shape index (κ2) is 14.9. The van der Waals surface area contributed by atoms with Crippen LogP contribution in [-0.2, 0) is 15.6 Å². The highest BCUT2D eigenvalue weighted by molar-refractivity contribution is 6.56. The Hall–Kier alpha value is -1.91. The molecular formula is C43H66NO2Si. The van der Waals surface area contributed by atoms with E-state index in [0.29, 0.717) is 35.3 Å². The third-order valence-corrected chi connectivity index (χ3v) is 15.9. The molecule has 3 aliphatic carbocycles. The molecule has 0 aromatic heterocycles. The first-order valence-electron chi connectivity index (χ1n) is 19.2. The van der Waals surface area contributed by atoms with Crippen molar-refractivity contribution in [3.63, 3.8) is 0 Å². The summed E-state index contributed by atoms with van der Waals surface area (Å²) in [6.45, 7) is 22.8. The normalized spacial score (nSPS) is 27.6. The van der Waals surface area contributed by atoms with Crippen molar-refractivity contribution < 1.29 is 9.22 Å². The quantitative estimate of drug-likeness (QED) is 0.140. The van der Waals surface area contributed by atoms with Gasteiger partial charge >= 0.3 is 0 Å². The van der Waals surface area contributed by atoms with Gasteiger partial charge in [-0.25, -0.2) is 0 Å². The van der Waals surface area contributed by atoms with Gasteiger partial charge in [-0.1, -0.05) is 115 Å². The van der Waals surface area contributed by atoms with Crippen LogP contribution in [0, 0.1) is 28.6 Å². The van der Waals surface area contributed by atoms with E-state index in [1.807, 2.05) is 0 Å². The molecule has 2 aromatic carbocycles. The van der Waals surface area contributed by atoms with E-state index in [9.17, 15) is 4.79 Å². The number of fused-ring (bicyclic) bond motifs is 4. The zero-order valence-electron chi connectivity index (χ0n) is 31.4. The van der Waals surface area contributed by atoms with Crippen LogP contribution in [0.2, 0.25) is 10.6 Å². The van der Waals surface area contributed by atoms with E-state index in [1.165, 1.54) is 61.3 Å². The molecule has 3 nitrogen and oxygen atoms in total. The highest BCUT2D eigenvalue weighted by Crippen LogP contribution is 2.65. The van der Waals surface area contributed by atoms with Crippen LogP contribution in [0.25, 0.3) is 10.8 Å². The Balaban J connectivity index is 1.10. The van der Waals surface area contributed by atoms with Crippen molar-refractivity contribution in [2.45, 2.75) is 156 Å². The number of rotatable bonds is 12. The van der Waals surface area contributed by atoms with Gasteiger partial charge in [0.25, 0.3) is 0 Å². The van der Waals surface area contributed by atoms with Crippen molar-refractivity contribution >= 4 is 25.7 Å². The number of amides is 1. The Morgan fingerprint density at radius 3 is 2.43 bits per heavy atom. The Bertz CT molecular complexity index is 1400. The maximum Gasteiger partial charge on any atom is 0.220 e. The van der Waals surface area contributed by atoms with Crippen LogP contribution in [0.1, 0.15) is 139 Å². The summed E-state index contributed by atoms with van der Waals surface area (Å²) in [5.41, 5.74) is 5.81. The smallest absolute Gasteiger partial charge is 0.220 e. The summed E-state index contributed by atoms with van der Waals surface area (Å²) < 4.78 is 7.20. The number of hydrogen-bond donors (Lipinski definition) is 1. The molecule has 4 heteroatoms. The fraction of sp³-hybridized carbons (Fsp3) is 0.698. The molecule has 259 valence electrons. The summed E-state index contributed by atoms with van der Waals surface area (Å²) in [6.07, 6.45) is 14.0. The highest BCUT2D eigenvalue weighted by atomic mass is 28.3. The maximum absolute atomic E-state index is 13.0. The molecule has 0 heterocycles. The standard InChI is InChI=1S/C43H66NO2Si/c1-30(2)47(41(4,5)6)46-39-26-27-43(9)37-23-18-31(3)35(36(37)21-24-38(43)42(39,7)8)22-25-40(45)44-28-14-10-11-15-32-19-20-33-16-12-13-17-34(33)29-32/h12-13,16-17,19-20,29-30,36-39H,10-11,14-15,18,21-28H2,1-9H3,(H,44,45)/t36?,37?,38?,39-,43+/m0/s1. The first-order chi connectivity index (χ1) is 22.2. The van der Waals surface area contributed by atoms with Crippen molar-refractivity contribution in [1.82, 2.24) is 5.32 Å². The summed E-state index contributed by atoms with van der Waals surface area (Å²) in [5.74, 6) is 2.34. The van der Waals surface area contributed by atoms with Crippen molar-refractivity contribution in [1.29, 1.82) is 0 Å². The number of carbonyl (C=O) groups excluding carboxylic acids is 1. The van der Waals surface area contributed by atoms with E-state index in [1.54, 1.807) is 11.1 Å². The number of carbonyl (C=O) groups is 1. The predicted molar refractivity (Wildman–Crippen MR) is 202 cm³/mol. The van der Waals surface area contributed by atoms with Gasteiger partial charge in [0.15, 0.2) is 0 Å². The molecule has 2 fully saturated rings. The average Bonchev–Trinajstić information content (AvgIpc) is 3.00. The van der Waals surface area contributed by atoms with E-state index in [4.69, 9.17) is 4.43 Å². The molecule has 1 amide bonds. The minimum absolute atomic E-state index is 0.194. The number of allylic oxidation sites excluding steroid dienone is 2. The topological polar surface area (TPSA) is 38.3 Å². The molecule has 47 heavy (non-hydrogen) atoms. The van der Waals surface area contributed by atoms with Crippen LogP contribution < -0.4 is 5.32 Å². The predicted octanol–water partition coefficient (Wildman–Crippen LogP) is 11.6. The van der Waals surface area contributed by atoms with Crippen molar-refractivity contribution in [3.05, 3.63) is 59.2 Å². The van der Waals surface area contributed by atoms with E-state index in [2.05, 4.69) is 110 Å². The Labute approximate surface area is 289 Å². The van der Waals surface area contributed by atoms with E-state index in [0.717, 1.165) is 38.1 Å². The molecule has 0 bridgehead atoms. The molecular weight excluding hydrogens is 591 g/mol. The molecule has 5 rings (SSSR count). The van der Waals surface area contributed by atoms with E-state index in [-0.39, 0.29) is 16.4 Å². The molecule has 1 radical (unpaired) electrons. The molecule has 0 aliphatic heterocycles. The van der Waals surface area contributed by atoms with Crippen LogP contribution >= 0.6 is 0 Å². The monoisotopic (exact) mass is 656 g/mol. The maximum atomic E-state index is 13.0. The van der Waals surface area contributed by atoms with Crippen LogP contribution in [0.3, 0.4) is 0 Å². The minimum atomic E-state index is -0.932. The SMILES string of the molecule is CC1=C(CCC(=O)NCCCCCc2ccc3ccccc3c2)C2CCC3C(C)(C)[C@@H](O[Si](C(C)C)C(C)(C)C)CC[C@]3(C)C2CC1. The number of nitrogens with one attached hydrogen (secondary N) is 1. The highest BCUT2D eigenvalue weighted by Gasteiger charge is 2.59. The Morgan fingerprint density at radius 1 is 0.957 bits per heavy atom. The first-order valence-corrected chi connectivity index (χ1v) is 20.7. The van der Waals surface area contributed by atoms with E-state index < -0.39 is 9.04 Å². The lowest BCUT2D eigenvalue weighted by Crippen LogP contribution is -2.58. The number of aryl methyl sites for hydroxylation is 1. The van der Waals surface area contributed by atoms with Crippen LogP contribution in [0.15, 0.2) is 53.6 Å². The van der Waals surface area contributed by atoms with Crippen LogP contribution in [0.5, 0.6) is 0 Å². The molecule has 2 saturated carbocycles. The van der Waals surface area contributed by atoms with Gasteiger partial charge in [-0.15, -0.1) is 0 Å². The van der Waals surface area contributed by atoms with Crippen molar-refractivity contribution in [2.24, 2.45) is 28.6 Å². The van der Waals surface area contributed by atoms with E-state index >= 15 is 0 Å². The lowest BCUT2D eigenvalue weighted by Gasteiger charge is -2.63. The Morgan fingerprint density at radius 2 is 1.70 bits per heavy atom. The fourth-order valence-corrected chi connectivity index (χ4v) is 13.6. The Kier molecular flexibility index (Phi) is 11.5. The summed E-state index contributed by atoms with van der Waals surface area (Å²) >= 11 is 0. The fourth-order valence-electron chi connectivity index (χ4n) is 10.5. The van der Waals surface area contributed by atoms with Gasteiger partial charge in [-0.3, -0.25) is 4.79 Å². The van der Waals surface area contributed by atoms with Gasteiger partial charge in [-0.05, 0) is 127 Å². The lowest BCUT2D eigenvalue weighted by molar-refractivity contribution is -0.144. The molecule has 0 spiro atoms. The van der Waals surface area contributed by atoms with Gasteiger partial charge in [-0.2, -0.15) is 0 Å². The zero-order valence-corrected chi connectivity index (χ0v) is 32.4. The van der Waals surface area contributed by atoms with Gasteiger partial charge in [0.1, 0.15) is 0 Å². The van der Waals surface area contributed by atoms with Gasteiger partial charge in [0.05, 0.1) is 6.10 Å². The van der Waals surface area contributed by atoms with Gasteiger partial charge in [0, 0.05) is 13.0 Å². The molecule has 3 aliphatic rings. The van der Waals surface area contributed by atoms with Crippen molar-refractivity contribution in [2.75, 3.05) is 6.54 Å². The number of benzene rings is 2. The summed E-state index contributed by atoms with van der Waals surface area (Å²) in [4.78, 5) is 13.0. The molecule has 3 unspecified atom stereocenters. The molecule has 5 atom stereocenters. The summed E-state index contributed by atoms with van der Waals surface area (Å²) in [7, 11) is -0.932. The minimum Gasteiger partial charge on any atom is -0.412 e. The summed E-state index contributed by atoms with van der Waals surface area (Å²) in [6, 6.07) is 15.4. The van der Waals surface area contributed by atoms with Gasteiger partial charge in [0.2, 0.25) is 14.9 Å². The van der Waals surface area contributed by atoms with Crippen LogP contribution in [-0.4, -0.2) is 27.6 Å². The second-order valence-electron chi connectivity index (χ2n) is 17.8. The van der Waals surface area contributed by atoms with Crippen molar-refractivity contribution in [3.8, 4) is 0 Å². The number of hydrogen-bond acceptors (Lipinski definition) is 2. The largest absolute Gasteiger partial charge is 0.412 e. The molecule has 1 N–H and O–H groups in total. The number of unbranched alkanes of at least 4 members (excludes halogenated alkanes) is 2. The third-order valence-electron chi connectivity index (χ3n) is 12.8. The van der Waals surface area contributed by atoms with Crippen LogP contribution in [0.4, 0.5) is 0 Å². The van der Waals surface area contributed by atoms with Gasteiger partial charge < -0.3 is 9.74 Å². The third kappa shape index (κ3) is 8.12. The molecule has 2 aromatic rings. The lowest BCUT2D eigenvalue weighted by atomic mass is 9.43. The summed E-state index contributed by atoms with van der Waals surface area (Å²) in [5, 5.41) is 6.15. The average molecular weight is 657 g/mol. The zero-order chi connectivity index (χ0) is 34.0. The first kappa shape index (κ1) is 36.4. The second-order valence-corrected chi connectivity index (χ2v) is 21.4.